The van der Waals surface area contributed by atoms with Crippen molar-refractivity contribution in [2.75, 3.05) is 6.54 Å². The molecule has 0 spiro atoms. The Balaban J connectivity index is 2.29. The van der Waals surface area contributed by atoms with Crippen LogP contribution in [0.25, 0.3) is 0 Å². The first-order valence-electron chi connectivity index (χ1n) is 6.84. The number of hydrogen-bond acceptors (Lipinski definition) is 1. The van der Waals surface area contributed by atoms with E-state index in [-0.39, 0.29) is 11.9 Å². The summed E-state index contributed by atoms with van der Waals surface area (Å²) in [7, 11) is 0. The van der Waals surface area contributed by atoms with Gasteiger partial charge in [-0.05, 0) is 71.3 Å². The van der Waals surface area contributed by atoms with Crippen LogP contribution in [0.5, 0.6) is 0 Å². The van der Waals surface area contributed by atoms with Crippen LogP contribution >= 0.6 is 22.6 Å². The lowest BCUT2D eigenvalue weighted by Crippen LogP contribution is -2.24. The van der Waals surface area contributed by atoms with Crippen LogP contribution in [0.4, 0.5) is 4.39 Å². The topological polar surface area (TPSA) is 12.0 Å². The van der Waals surface area contributed by atoms with Crippen molar-refractivity contribution < 1.29 is 4.39 Å². The van der Waals surface area contributed by atoms with E-state index in [0.29, 0.717) is 0 Å². The molecule has 0 saturated carbocycles. The van der Waals surface area contributed by atoms with Gasteiger partial charge in [-0.15, -0.1) is 0 Å². The zero-order valence-corrected chi connectivity index (χ0v) is 13.9. The number of hydrogen-bond donors (Lipinski definition) is 1. The molecule has 0 saturated heterocycles. The Bertz CT molecular complexity index is 583. The van der Waals surface area contributed by atoms with Gasteiger partial charge in [-0.25, -0.2) is 4.39 Å². The lowest BCUT2D eigenvalue weighted by atomic mass is 9.97. The van der Waals surface area contributed by atoms with Gasteiger partial charge in [0.2, 0.25) is 0 Å². The summed E-state index contributed by atoms with van der Waals surface area (Å²) in [4.78, 5) is 0. The van der Waals surface area contributed by atoms with Crippen molar-refractivity contribution in [1.82, 2.24) is 5.32 Å². The van der Waals surface area contributed by atoms with E-state index in [0.717, 1.165) is 18.5 Å². The quantitative estimate of drug-likeness (QED) is 0.743. The molecule has 1 unspecified atom stereocenters. The first-order chi connectivity index (χ1) is 9.61. The van der Waals surface area contributed by atoms with Crippen molar-refractivity contribution in [2.45, 2.75) is 26.3 Å². The molecule has 1 atom stereocenters. The Morgan fingerprint density at radius 3 is 2.65 bits per heavy atom. The van der Waals surface area contributed by atoms with Crippen molar-refractivity contribution in [3.63, 3.8) is 0 Å². The maximum atomic E-state index is 13.3. The summed E-state index contributed by atoms with van der Waals surface area (Å²) < 4.78 is 14.6. The molecule has 2 rings (SSSR count). The summed E-state index contributed by atoms with van der Waals surface area (Å²) in [6, 6.07) is 13.4. The smallest absolute Gasteiger partial charge is 0.123 e. The summed E-state index contributed by atoms with van der Waals surface area (Å²) in [6.45, 7) is 5.11. The van der Waals surface area contributed by atoms with E-state index in [1.54, 1.807) is 12.1 Å². The third kappa shape index (κ3) is 3.79. The molecule has 2 aromatic carbocycles. The molecule has 1 nitrogen and oxygen atoms in total. The van der Waals surface area contributed by atoms with E-state index in [4.69, 9.17) is 0 Å². The highest BCUT2D eigenvalue weighted by Gasteiger charge is 2.15. The maximum absolute atomic E-state index is 13.3. The molecule has 0 fully saturated rings. The van der Waals surface area contributed by atoms with Gasteiger partial charge < -0.3 is 5.32 Å². The molecule has 0 bridgehead atoms. The zero-order chi connectivity index (χ0) is 14.5. The normalized spacial score (nSPS) is 12.4. The second-order valence-corrected chi connectivity index (χ2v) is 6.00. The Hall–Kier alpha value is -0.940. The molecule has 0 radical (unpaired) electrons. The van der Waals surface area contributed by atoms with Gasteiger partial charge in [-0.3, -0.25) is 0 Å². The van der Waals surface area contributed by atoms with Crippen LogP contribution in [0.15, 0.2) is 42.5 Å². The molecule has 0 aliphatic rings. The van der Waals surface area contributed by atoms with Gasteiger partial charge >= 0.3 is 0 Å². The molecule has 0 aliphatic heterocycles. The number of likely N-dealkylation sites (N-methyl/N-ethyl adjacent to an activating group) is 1. The number of benzene rings is 2. The molecule has 106 valence electrons. The van der Waals surface area contributed by atoms with Crippen molar-refractivity contribution >= 4 is 22.6 Å². The molecule has 0 aromatic heterocycles. The highest BCUT2D eigenvalue weighted by molar-refractivity contribution is 14.1. The number of rotatable bonds is 5. The van der Waals surface area contributed by atoms with Gasteiger partial charge in [0.25, 0.3) is 0 Å². The second kappa shape index (κ2) is 7.18. The fourth-order valence-corrected chi connectivity index (χ4v) is 3.11. The zero-order valence-electron chi connectivity index (χ0n) is 11.8. The highest BCUT2D eigenvalue weighted by Crippen LogP contribution is 2.26. The standard InChI is InChI=1S/C17H19FIN/c1-3-20-16(11-13-7-5-8-14(18)10-13)15-9-4-6-12(2)17(15)19/h4-10,16,20H,3,11H2,1-2H3. The number of nitrogens with one attached hydrogen (secondary N) is 1. The SMILES string of the molecule is CCNC(Cc1cccc(F)c1)c1cccc(C)c1I. The summed E-state index contributed by atoms with van der Waals surface area (Å²) >= 11 is 2.40. The third-order valence-electron chi connectivity index (χ3n) is 3.38. The predicted molar refractivity (Wildman–Crippen MR) is 90.4 cm³/mol. The van der Waals surface area contributed by atoms with E-state index in [9.17, 15) is 4.39 Å². The molecule has 0 heterocycles. The van der Waals surface area contributed by atoms with Gasteiger partial charge in [-0.1, -0.05) is 37.3 Å². The predicted octanol–water partition coefficient (Wildman–Crippen LogP) is 4.63. The lowest BCUT2D eigenvalue weighted by Gasteiger charge is -2.21. The lowest BCUT2D eigenvalue weighted by molar-refractivity contribution is 0.544. The first kappa shape index (κ1) is 15.4. The van der Waals surface area contributed by atoms with Crippen LogP contribution in [0.1, 0.15) is 29.7 Å². The highest BCUT2D eigenvalue weighted by atomic mass is 127. The minimum Gasteiger partial charge on any atom is -0.310 e. The van der Waals surface area contributed by atoms with Gasteiger partial charge in [0.1, 0.15) is 5.82 Å². The van der Waals surface area contributed by atoms with E-state index >= 15 is 0 Å². The Morgan fingerprint density at radius 1 is 1.20 bits per heavy atom. The molecule has 1 N–H and O–H groups in total. The average Bonchev–Trinajstić information content (AvgIpc) is 2.42. The molecular weight excluding hydrogens is 364 g/mol. The minimum absolute atomic E-state index is 0.170. The molecule has 20 heavy (non-hydrogen) atoms. The number of aryl methyl sites for hydroxylation is 1. The monoisotopic (exact) mass is 383 g/mol. The molecular formula is C17H19FIN. The van der Waals surface area contributed by atoms with Crippen LogP contribution in [0.3, 0.4) is 0 Å². The van der Waals surface area contributed by atoms with Crippen LogP contribution in [0, 0.1) is 16.3 Å². The van der Waals surface area contributed by atoms with Gasteiger partial charge in [-0.2, -0.15) is 0 Å². The summed E-state index contributed by atoms with van der Waals surface area (Å²) in [5.41, 5.74) is 3.59. The van der Waals surface area contributed by atoms with E-state index in [1.807, 2.05) is 6.07 Å². The van der Waals surface area contributed by atoms with E-state index in [1.165, 1.54) is 20.8 Å². The van der Waals surface area contributed by atoms with Crippen molar-refractivity contribution in [1.29, 1.82) is 0 Å². The summed E-state index contributed by atoms with van der Waals surface area (Å²) in [5, 5.41) is 3.51. The van der Waals surface area contributed by atoms with Crippen LogP contribution in [0.2, 0.25) is 0 Å². The number of halogens is 2. The van der Waals surface area contributed by atoms with Gasteiger partial charge in [0.05, 0.1) is 0 Å². The Kier molecular flexibility index (Phi) is 5.54. The Labute approximate surface area is 133 Å². The van der Waals surface area contributed by atoms with E-state index in [2.05, 4.69) is 60.0 Å². The summed E-state index contributed by atoms with van der Waals surface area (Å²) in [6.07, 6.45) is 0.797. The van der Waals surface area contributed by atoms with Gasteiger partial charge in [0, 0.05) is 9.61 Å². The largest absolute Gasteiger partial charge is 0.310 e. The summed E-state index contributed by atoms with van der Waals surface area (Å²) in [5.74, 6) is -0.170. The van der Waals surface area contributed by atoms with Crippen molar-refractivity contribution in [2.24, 2.45) is 0 Å². The molecule has 0 amide bonds. The fraction of sp³-hybridized carbons (Fsp3) is 0.294. The first-order valence-corrected chi connectivity index (χ1v) is 7.92. The molecule has 0 aliphatic carbocycles. The van der Waals surface area contributed by atoms with Crippen molar-refractivity contribution in [3.8, 4) is 0 Å². The van der Waals surface area contributed by atoms with Crippen LogP contribution in [-0.2, 0) is 6.42 Å². The van der Waals surface area contributed by atoms with Crippen LogP contribution in [-0.4, -0.2) is 6.54 Å². The maximum Gasteiger partial charge on any atom is 0.123 e. The molecule has 2 aromatic rings. The fourth-order valence-electron chi connectivity index (χ4n) is 2.38. The minimum atomic E-state index is -0.170. The van der Waals surface area contributed by atoms with E-state index < -0.39 is 0 Å². The third-order valence-corrected chi connectivity index (χ3v) is 4.85. The van der Waals surface area contributed by atoms with Crippen LogP contribution < -0.4 is 5.32 Å². The second-order valence-electron chi connectivity index (χ2n) is 4.92. The van der Waals surface area contributed by atoms with Gasteiger partial charge in [0.15, 0.2) is 0 Å². The Morgan fingerprint density at radius 2 is 1.95 bits per heavy atom. The van der Waals surface area contributed by atoms with Crippen molar-refractivity contribution in [3.05, 3.63) is 68.5 Å². The average molecular weight is 383 g/mol. The molecule has 3 heteroatoms.